The molecule has 2 aromatic carbocycles. The molecule has 33 heavy (non-hydrogen) atoms. The van der Waals surface area contributed by atoms with Gasteiger partial charge in [-0.25, -0.2) is 0 Å². The molecule has 0 amide bonds. The van der Waals surface area contributed by atoms with Gasteiger partial charge in [0, 0.05) is 31.6 Å². The maximum absolute atomic E-state index is 14.2. The predicted molar refractivity (Wildman–Crippen MR) is 123 cm³/mol. The fourth-order valence-corrected chi connectivity index (χ4v) is 4.94. The van der Waals surface area contributed by atoms with Crippen LogP contribution in [0.15, 0.2) is 41.6 Å². The molecule has 1 fully saturated rings. The van der Waals surface area contributed by atoms with Gasteiger partial charge in [0.2, 0.25) is 0 Å². The Morgan fingerprint density at radius 3 is 2.15 bits per heavy atom. The molecule has 0 saturated carbocycles. The Hall–Kier alpha value is -1.51. The monoisotopic (exact) mass is 520 g/mol. The molecule has 0 bridgehead atoms. The van der Waals surface area contributed by atoms with Crippen molar-refractivity contribution in [2.75, 3.05) is 19.6 Å². The van der Waals surface area contributed by atoms with Crippen molar-refractivity contribution in [1.82, 2.24) is 4.90 Å². The summed E-state index contributed by atoms with van der Waals surface area (Å²) in [6.45, 7) is 6.16. The fraction of sp³-hybridized carbons (Fsp3) is 0.435. The summed E-state index contributed by atoms with van der Waals surface area (Å²) in [7, 11) is 0. The summed E-state index contributed by atoms with van der Waals surface area (Å²) in [4.78, 5) is 7.20. The molecule has 4 rings (SSSR count). The quantitative estimate of drug-likeness (QED) is 0.464. The molecule has 1 N–H and O–H groups in total. The Kier molecular flexibility index (Phi) is 6.42. The van der Waals surface area contributed by atoms with Crippen LogP contribution < -0.4 is 0 Å². The molecule has 0 aliphatic carbocycles. The van der Waals surface area contributed by atoms with E-state index in [1.165, 1.54) is 0 Å². The van der Waals surface area contributed by atoms with Gasteiger partial charge in [-0.05, 0) is 29.2 Å². The lowest BCUT2D eigenvalue weighted by Gasteiger charge is -2.47. The molecule has 1 unspecified atom stereocenters. The first-order valence-corrected chi connectivity index (χ1v) is 11.5. The highest BCUT2D eigenvalue weighted by molar-refractivity contribution is 6.48. The number of halogens is 6. The lowest BCUT2D eigenvalue weighted by molar-refractivity contribution is -0.275. The third-order valence-corrected chi connectivity index (χ3v) is 7.18. The molecule has 0 radical (unpaired) electrons. The summed E-state index contributed by atoms with van der Waals surface area (Å²) in [5.74, 6) is 0.497. The van der Waals surface area contributed by atoms with E-state index in [4.69, 9.17) is 39.6 Å². The van der Waals surface area contributed by atoms with Gasteiger partial charge in [-0.15, -0.1) is 0 Å². The van der Waals surface area contributed by atoms with E-state index in [0.29, 0.717) is 30.1 Å². The summed E-state index contributed by atoms with van der Waals surface area (Å²) in [6, 6.07) is 8.92. The van der Waals surface area contributed by atoms with E-state index in [0.717, 1.165) is 18.7 Å². The van der Waals surface area contributed by atoms with E-state index >= 15 is 0 Å². The molecule has 0 spiro atoms. The minimum atomic E-state index is -4.79. The summed E-state index contributed by atoms with van der Waals surface area (Å²) in [5, 5.41) is 14.4. The van der Waals surface area contributed by atoms with E-state index in [1.807, 2.05) is 0 Å². The van der Waals surface area contributed by atoms with Crippen molar-refractivity contribution < 1.29 is 23.1 Å². The van der Waals surface area contributed by atoms with E-state index < -0.39 is 23.8 Å². The van der Waals surface area contributed by atoms with E-state index in [2.05, 4.69) is 23.9 Å². The van der Waals surface area contributed by atoms with Gasteiger partial charge in [-0.1, -0.05) is 78.1 Å². The minimum Gasteiger partial charge on any atom is -0.382 e. The van der Waals surface area contributed by atoms with E-state index in [9.17, 15) is 18.3 Å². The molecular formula is C23H22Cl3F3N2O2. The highest BCUT2D eigenvalue weighted by Gasteiger charge is 2.62. The zero-order chi connectivity index (χ0) is 24.2. The smallest absolute Gasteiger partial charge is 0.382 e. The average Bonchev–Trinajstić information content (AvgIpc) is 3.17. The second-order valence-corrected chi connectivity index (χ2v) is 10.2. The normalized spacial score (nSPS) is 22.8. The molecular weight excluding hydrogens is 500 g/mol. The molecule has 1 atom stereocenters. The number of rotatable bonds is 5. The highest BCUT2D eigenvalue weighted by atomic mass is 35.5. The minimum absolute atomic E-state index is 0.0324. The van der Waals surface area contributed by atoms with Gasteiger partial charge in [-0.2, -0.15) is 13.2 Å². The molecule has 2 heterocycles. The van der Waals surface area contributed by atoms with Gasteiger partial charge in [0.05, 0.1) is 20.8 Å². The largest absolute Gasteiger partial charge is 0.435 e. The number of benzene rings is 2. The van der Waals surface area contributed by atoms with Gasteiger partial charge in [0.25, 0.3) is 5.60 Å². The van der Waals surface area contributed by atoms with E-state index in [1.54, 1.807) is 24.3 Å². The Morgan fingerprint density at radius 1 is 1.06 bits per heavy atom. The molecule has 178 valence electrons. The van der Waals surface area contributed by atoms with Crippen molar-refractivity contribution >= 4 is 40.5 Å². The lowest BCUT2D eigenvalue weighted by Crippen LogP contribution is -2.59. The first-order chi connectivity index (χ1) is 15.3. The van der Waals surface area contributed by atoms with Gasteiger partial charge < -0.3 is 9.94 Å². The van der Waals surface area contributed by atoms with Crippen LogP contribution in [0.4, 0.5) is 13.2 Å². The average molecular weight is 522 g/mol. The number of nitrogens with zero attached hydrogens (tertiary/aromatic N) is 2. The van der Waals surface area contributed by atoms with Gasteiger partial charge >= 0.3 is 6.18 Å². The number of oxime groups is 1. The third-order valence-electron chi connectivity index (χ3n) is 5.99. The van der Waals surface area contributed by atoms with Crippen molar-refractivity contribution in [2.45, 2.75) is 37.6 Å². The second-order valence-electron chi connectivity index (χ2n) is 9.06. The SMILES string of the molecule is CC(C)CN1CC(O)(c2ccc(C3=NOC(c4cc(Cl)c(Cl)c(Cl)c4)(C(F)(F)F)C3)cc2)C1. The molecule has 2 aromatic rings. The molecule has 1 saturated heterocycles. The van der Waals surface area contributed by atoms with Crippen molar-refractivity contribution in [3.63, 3.8) is 0 Å². The van der Waals surface area contributed by atoms with Crippen LogP contribution >= 0.6 is 34.8 Å². The van der Waals surface area contributed by atoms with Gasteiger partial charge in [0.15, 0.2) is 0 Å². The molecule has 4 nitrogen and oxygen atoms in total. The Balaban J connectivity index is 1.56. The molecule has 2 aliphatic heterocycles. The number of hydrogen-bond donors (Lipinski definition) is 1. The van der Waals surface area contributed by atoms with Gasteiger partial charge in [-0.3, -0.25) is 4.90 Å². The Morgan fingerprint density at radius 2 is 1.64 bits per heavy atom. The Bertz CT molecular complexity index is 1060. The maximum atomic E-state index is 14.2. The number of β-amino-alcohol motifs (C(OH)–C–C–N with tert-alkyl or cyclic N) is 1. The highest BCUT2D eigenvalue weighted by Crippen LogP contribution is 2.50. The number of likely N-dealkylation sites (tertiary alicyclic amines) is 1. The van der Waals surface area contributed by atoms with Gasteiger partial charge in [0.1, 0.15) is 5.60 Å². The lowest BCUT2D eigenvalue weighted by atomic mass is 9.83. The molecule has 2 aliphatic rings. The van der Waals surface area contributed by atoms with Crippen molar-refractivity contribution in [1.29, 1.82) is 0 Å². The zero-order valence-electron chi connectivity index (χ0n) is 17.9. The molecule has 0 aromatic heterocycles. The summed E-state index contributed by atoms with van der Waals surface area (Å²) < 4.78 is 42.6. The fourth-order valence-electron chi connectivity index (χ4n) is 4.34. The summed E-state index contributed by atoms with van der Waals surface area (Å²) in [5.41, 5.74) is -2.67. The number of alkyl halides is 3. The van der Waals surface area contributed by atoms with Crippen molar-refractivity contribution in [3.8, 4) is 0 Å². The summed E-state index contributed by atoms with van der Waals surface area (Å²) in [6.07, 6.45) is -5.35. The van der Waals surface area contributed by atoms with Crippen LogP contribution in [-0.2, 0) is 16.0 Å². The predicted octanol–water partition coefficient (Wildman–Crippen LogP) is 6.39. The Labute approximate surface area is 204 Å². The van der Waals surface area contributed by atoms with Crippen LogP contribution in [-0.4, -0.2) is 41.5 Å². The zero-order valence-corrected chi connectivity index (χ0v) is 20.2. The third kappa shape index (κ3) is 4.46. The molecule has 10 heteroatoms. The standard InChI is InChI=1S/C23H22Cl3F3N2O2/c1-13(2)10-31-11-21(32,12-31)15-5-3-14(4-6-15)19-9-22(33-30-19,23(27,28)29)16-7-17(24)20(26)18(25)8-16/h3-8,13,32H,9-12H2,1-2H3. The maximum Gasteiger partial charge on any atom is 0.435 e. The first-order valence-electron chi connectivity index (χ1n) is 10.4. The van der Waals surface area contributed by atoms with Crippen LogP contribution in [0.5, 0.6) is 0 Å². The summed E-state index contributed by atoms with van der Waals surface area (Å²) >= 11 is 17.9. The van der Waals surface area contributed by atoms with Crippen LogP contribution in [0.2, 0.25) is 15.1 Å². The van der Waals surface area contributed by atoms with Crippen LogP contribution in [0.25, 0.3) is 0 Å². The van der Waals surface area contributed by atoms with Crippen LogP contribution in [0, 0.1) is 5.92 Å². The van der Waals surface area contributed by atoms with Crippen molar-refractivity contribution in [2.24, 2.45) is 11.1 Å². The van der Waals surface area contributed by atoms with Crippen molar-refractivity contribution in [3.05, 3.63) is 68.2 Å². The van der Waals surface area contributed by atoms with Crippen LogP contribution in [0.1, 0.15) is 37.0 Å². The van der Waals surface area contributed by atoms with E-state index in [-0.39, 0.29) is 26.3 Å². The number of hydrogen-bond acceptors (Lipinski definition) is 4. The van der Waals surface area contributed by atoms with Crippen LogP contribution in [0.3, 0.4) is 0 Å². The second kappa shape index (κ2) is 8.61. The number of aliphatic hydroxyl groups is 1. The topological polar surface area (TPSA) is 45.1 Å². The first kappa shape index (κ1) is 24.6.